The van der Waals surface area contributed by atoms with Gasteiger partial charge in [0, 0.05) is 11.3 Å². The van der Waals surface area contributed by atoms with Crippen LogP contribution in [0.3, 0.4) is 0 Å². The van der Waals surface area contributed by atoms with Crippen LogP contribution in [0.4, 0.5) is 0 Å². The SMILES string of the molecule is CC(C)(C)NC(=O)C1CSCN1C(=O)Cc1cccc(C(=O)O)c1. The van der Waals surface area contributed by atoms with Crippen LogP contribution in [-0.2, 0) is 16.0 Å². The molecule has 0 aromatic heterocycles. The van der Waals surface area contributed by atoms with Crippen molar-refractivity contribution in [3.8, 4) is 0 Å². The number of thioether (sulfide) groups is 1. The average molecular weight is 350 g/mol. The van der Waals surface area contributed by atoms with Crippen LogP contribution in [0, 0.1) is 0 Å². The molecule has 0 spiro atoms. The van der Waals surface area contributed by atoms with Gasteiger partial charge >= 0.3 is 5.97 Å². The van der Waals surface area contributed by atoms with E-state index in [1.165, 1.54) is 12.1 Å². The van der Waals surface area contributed by atoms with Gasteiger partial charge in [0.2, 0.25) is 11.8 Å². The lowest BCUT2D eigenvalue weighted by molar-refractivity contribution is -0.138. The zero-order valence-corrected chi connectivity index (χ0v) is 14.9. The standard InChI is InChI=1S/C17H22N2O4S/c1-17(2,3)18-15(21)13-9-24-10-19(13)14(20)8-11-5-4-6-12(7-11)16(22)23/h4-7,13H,8-10H2,1-3H3,(H,18,21)(H,22,23). The van der Waals surface area contributed by atoms with E-state index in [9.17, 15) is 14.4 Å². The van der Waals surface area contributed by atoms with Crippen LogP contribution in [0.2, 0.25) is 0 Å². The van der Waals surface area contributed by atoms with Crippen LogP contribution in [0.25, 0.3) is 0 Å². The number of nitrogens with one attached hydrogen (secondary N) is 1. The van der Waals surface area contributed by atoms with Crippen LogP contribution >= 0.6 is 11.8 Å². The van der Waals surface area contributed by atoms with Gasteiger partial charge in [-0.05, 0) is 38.5 Å². The summed E-state index contributed by atoms with van der Waals surface area (Å²) in [6, 6.07) is 5.84. The number of carboxylic acids is 1. The summed E-state index contributed by atoms with van der Waals surface area (Å²) in [5.41, 5.74) is 0.430. The van der Waals surface area contributed by atoms with E-state index in [-0.39, 0.29) is 29.3 Å². The molecule has 0 bridgehead atoms. The number of hydrogen-bond acceptors (Lipinski definition) is 4. The van der Waals surface area contributed by atoms with Crippen LogP contribution in [0.1, 0.15) is 36.7 Å². The summed E-state index contributed by atoms with van der Waals surface area (Å²) in [7, 11) is 0. The number of carbonyl (C=O) groups is 3. The largest absolute Gasteiger partial charge is 0.478 e. The highest BCUT2D eigenvalue weighted by Gasteiger charge is 2.35. The molecule has 1 aliphatic heterocycles. The van der Waals surface area contributed by atoms with Crippen molar-refractivity contribution in [2.75, 3.05) is 11.6 Å². The second-order valence-corrected chi connectivity index (χ2v) is 7.80. The van der Waals surface area contributed by atoms with Crippen molar-refractivity contribution in [1.82, 2.24) is 10.2 Å². The first-order valence-electron chi connectivity index (χ1n) is 7.69. The minimum absolute atomic E-state index is 0.0843. The van der Waals surface area contributed by atoms with Crippen molar-refractivity contribution in [3.63, 3.8) is 0 Å². The highest BCUT2D eigenvalue weighted by Crippen LogP contribution is 2.23. The molecule has 0 radical (unpaired) electrons. The fourth-order valence-corrected chi connectivity index (χ4v) is 3.63. The summed E-state index contributed by atoms with van der Waals surface area (Å²) in [5, 5.41) is 11.9. The number of benzene rings is 1. The van der Waals surface area contributed by atoms with Crippen molar-refractivity contribution in [2.24, 2.45) is 0 Å². The molecule has 6 nitrogen and oxygen atoms in total. The molecular weight excluding hydrogens is 328 g/mol. The zero-order valence-electron chi connectivity index (χ0n) is 14.0. The first-order chi connectivity index (χ1) is 11.2. The van der Waals surface area contributed by atoms with E-state index in [1.807, 2.05) is 20.8 Å². The van der Waals surface area contributed by atoms with Gasteiger partial charge < -0.3 is 15.3 Å². The molecule has 130 valence electrons. The molecule has 2 rings (SSSR count). The van der Waals surface area contributed by atoms with Crippen molar-refractivity contribution in [2.45, 2.75) is 38.8 Å². The van der Waals surface area contributed by atoms with E-state index >= 15 is 0 Å². The molecule has 0 aliphatic carbocycles. The Hall–Kier alpha value is -2.02. The van der Waals surface area contributed by atoms with Crippen LogP contribution in [-0.4, -0.2) is 51.0 Å². The molecule has 1 aliphatic rings. The van der Waals surface area contributed by atoms with Gasteiger partial charge in [-0.2, -0.15) is 0 Å². The van der Waals surface area contributed by atoms with Crippen molar-refractivity contribution >= 4 is 29.5 Å². The third kappa shape index (κ3) is 4.74. The average Bonchev–Trinajstić information content (AvgIpc) is 2.95. The number of carboxylic acid groups (broad SMARTS) is 1. The summed E-state index contributed by atoms with van der Waals surface area (Å²) in [6.07, 6.45) is 0.0843. The van der Waals surface area contributed by atoms with Gasteiger partial charge in [-0.3, -0.25) is 9.59 Å². The van der Waals surface area contributed by atoms with E-state index in [1.54, 1.807) is 28.8 Å². The minimum Gasteiger partial charge on any atom is -0.478 e. The van der Waals surface area contributed by atoms with Gasteiger partial charge in [0.15, 0.2) is 0 Å². The van der Waals surface area contributed by atoms with E-state index in [2.05, 4.69) is 5.32 Å². The third-order valence-electron chi connectivity index (χ3n) is 3.53. The molecule has 0 saturated carbocycles. The number of carbonyl (C=O) groups excluding carboxylic acids is 2. The molecule has 1 saturated heterocycles. The zero-order chi connectivity index (χ0) is 17.9. The molecule has 1 aromatic carbocycles. The molecule has 2 amide bonds. The highest BCUT2D eigenvalue weighted by atomic mass is 32.2. The lowest BCUT2D eigenvalue weighted by Gasteiger charge is -2.27. The predicted octanol–water partition coefficient (Wildman–Crippen LogP) is 1.74. The Morgan fingerprint density at radius 2 is 2.04 bits per heavy atom. The summed E-state index contributed by atoms with van der Waals surface area (Å²) >= 11 is 1.54. The fourth-order valence-electron chi connectivity index (χ4n) is 2.45. The number of aromatic carboxylic acids is 1. The van der Waals surface area contributed by atoms with Crippen molar-refractivity contribution in [3.05, 3.63) is 35.4 Å². The van der Waals surface area contributed by atoms with Crippen molar-refractivity contribution < 1.29 is 19.5 Å². The smallest absolute Gasteiger partial charge is 0.335 e. The van der Waals surface area contributed by atoms with E-state index in [0.29, 0.717) is 17.2 Å². The van der Waals surface area contributed by atoms with Gasteiger partial charge in [-0.1, -0.05) is 12.1 Å². The first kappa shape index (κ1) is 18.3. The van der Waals surface area contributed by atoms with Crippen LogP contribution in [0.5, 0.6) is 0 Å². The van der Waals surface area contributed by atoms with Crippen molar-refractivity contribution in [1.29, 1.82) is 0 Å². The molecule has 7 heteroatoms. The quantitative estimate of drug-likeness (QED) is 0.864. The molecule has 1 unspecified atom stereocenters. The molecule has 24 heavy (non-hydrogen) atoms. The first-order valence-corrected chi connectivity index (χ1v) is 8.84. The predicted molar refractivity (Wildman–Crippen MR) is 93.0 cm³/mol. The third-order valence-corrected chi connectivity index (χ3v) is 4.54. The summed E-state index contributed by atoms with van der Waals surface area (Å²) in [5.74, 6) is -0.303. The van der Waals surface area contributed by atoms with E-state index < -0.39 is 12.0 Å². The second-order valence-electron chi connectivity index (χ2n) is 6.80. The maximum atomic E-state index is 12.6. The lowest BCUT2D eigenvalue weighted by atomic mass is 10.1. The van der Waals surface area contributed by atoms with Gasteiger partial charge in [0.25, 0.3) is 0 Å². The second kappa shape index (κ2) is 7.25. The summed E-state index contributed by atoms with van der Waals surface area (Å²) < 4.78 is 0. The molecule has 1 heterocycles. The molecule has 2 N–H and O–H groups in total. The van der Waals surface area contributed by atoms with Gasteiger partial charge in [-0.25, -0.2) is 4.79 Å². The van der Waals surface area contributed by atoms with Crippen LogP contribution < -0.4 is 5.32 Å². The number of amides is 2. The Morgan fingerprint density at radius 1 is 1.33 bits per heavy atom. The highest BCUT2D eigenvalue weighted by molar-refractivity contribution is 7.99. The van der Waals surface area contributed by atoms with Gasteiger partial charge in [-0.15, -0.1) is 11.8 Å². The Balaban J connectivity index is 2.07. The van der Waals surface area contributed by atoms with E-state index in [0.717, 1.165) is 0 Å². The normalized spacial score (nSPS) is 17.6. The monoisotopic (exact) mass is 350 g/mol. The minimum atomic E-state index is -1.02. The Kier molecular flexibility index (Phi) is 5.54. The molecule has 1 atom stereocenters. The Labute approximate surface area is 145 Å². The van der Waals surface area contributed by atoms with E-state index in [4.69, 9.17) is 5.11 Å². The lowest BCUT2D eigenvalue weighted by Crippen LogP contribution is -2.52. The number of nitrogens with zero attached hydrogens (tertiary/aromatic N) is 1. The number of rotatable bonds is 4. The molecule has 1 fully saturated rings. The summed E-state index contributed by atoms with van der Waals surface area (Å²) in [4.78, 5) is 37.5. The molecule has 1 aromatic rings. The summed E-state index contributed by atoms with van der Waals surface area (Å²) in [6.45, 7) is 5.70. The number of hydrogen-bond donors (Lipinski definition) is 2. The fraction of sp³-hybridized carbons (Fsp3) is 0.471. The topological polar surface area (TPSA) is 86.7 Å². The van der Waals surface area contributed by atoms with Gasteiger partial charge in [0.1, 0.15) is 6.04 Å². The van der Waals surface area contributed by atoms with Crippen LogP contribution in [0.15, 0.2) is 24.3 Å². The molecular formula is C17H22N2O4S. The maximum absolute atomic E-state index is 12.6. The Bertz CT molecular complexity index is 654. The maximum Gasteiger partial charge on any atom is 0.335 e. The van der Waals surface area contributed by atoms with Gasteiger partial charge in [0.05, 0.1) is 17.9 Å². The Morgan fingerprint density at radius 3 is 2.67 bits per heavy atom.